The molecule has 3 unspecified atom stereocenters. The van der Waals surface area contributed by atoms with Gasteiger partial charge in [-0.3, -0.25) is 0 Å². The lowest BCUT2D eigenvalue weighted by Gasteiger charge is -2.36. The molecule has 172 valence electrons. The summed E-state index contributed by atoms with van der Waals surface area (Å²) in [6, 6.07) is 13.2. The molecule has 0 aliphatic carbocycles. The Bertz CT molecular complexity index is 889. The van der Waals surface area contributed by atoms with E-state index in [2.05, 4.69) is 98.7 Å². The van der Waals surface area contributed by atoms with Crippen molar-refractivity contribution >= 4 is 26.5 Å². The van der Waals surface area contributed by atoms with Gasteiger partial charge in [-0.05, 0) is 46.2 Å². The number of aromatic hydroxyl groups is 1. The highest BCUT2D eigenvalue weighted by Crippen LogP contribution is 2.52. The minimum atomic E-state index is -0.125. The summed E-state index contributed by atoms with van der Waals surface area (Å²) in [5.41, 5.74) is 4.67. The van der Waals surface area contributed by atoms with Crippen molar-refractivity contribution in [2.75, 3.05) is 0 Å². The zero-order chi connectivity index (χ0) is 23.6. The van der Waals surface area contributed by atoms with Gasteiger partial charge in [0, 0.05) is 16.0 Å². The summed E-state index contributed by atoms with van der Waals surface area (Å²) >= 11 is 4.75. The Hall–Kier alpha value is -0.980. The van der Waals surface area contributed by atoms with Gasteiger partial charge in [-0.25, -0.2) is 0 Å². The molecule has 0 aliphatic heterocycles. The van der Waals surface area contributed by atoms with Gasteiger partial charge in [-0.1, -0.05) is 113 Å². The lowest BCUT2D eigenvalue weighted by Crippen LogP contribution is -2.25. The topological polar surface area (TPSA) is 20.2 Å². The first kappa shape index (κ1) is 26.3. The first-order valence-corrected chi connectivity index (χ1v) is 13.2. The zero-order valence-electron chi connectivity index (χ0n) is 21.1. The Balaban J connectivity index is 2.75. The van der Waals surface area contributed by atoms with Crippen LogP contribution in [0.5, 0.6) is 5.75 Å². The van der Waals surface area contributed by atoms with Crippen LogP contribution >= 0.6 is 21.2 Å². The minimum absolute atomic E-state index is 0.0226. The molecule has 0 amide bonds. The van der Waals surface area contributed by atoms with E-state index in [9.17, 15) is 5.11 Å². The molecule has 1 nitrogen and oxygen atoms in total. The van der Waals surface area contributed by atoms with Crippen LogP contribution in [0.25, 0.3) is 0 Å². The van der Waals surface area contributed by atoms with E-state index in [-0.39, 0.29) is 21.2 Å². The Morgan fingerprint density at radius 3 is 2.03 bits per heavy atom. The number of thiol groups is 1. The predicted molar refractivity (Wildman–Crippen MR) is 144 cm³/mol. The van der Waals surface area contributed by atoms with Crippen LogP contribution in [0.1, 0.15) is 109 Å². The third kappa shape index (κ3) is 6.29. The Morgan fingerprint density at radius 1 is 0.935 bits per heavy atom. The molecule has 0 fully saturated rings. The number of unbranched alkanes of at least 4 members (excludes halogenated alkanes) is 1. The van der Waals surface area contributed by atoms with Crippen LogP contribution in [0.3, 0.4) is 0 Å². The van der Waals surface area contributed by atoms with Gasteiger partial charge in [0.25, 0.3) is 0 Å². The summed E-state index contributed by atoms with van der Waals surface area (Å²) in [7, 11) is 0.574. The summed E-state index contributed by atoms with van der Waals surface area (Å²) in [4.78, 5) is 0. The fourth-order valence-corrected chi connectivity index (χ4v) is 6.32. The average molecular weight is 459 g/mol. The number of hydrogen-bond donors (Lipinski definition) is 2. The van der Waals surface area contributed by atoms with E-state index in [1.54, 1.807) is 0 Å². The third-order valence-electron chi connectivity index (χ3n) is 6.23. The maximum absolute atomic E-state index is 11.6. The van der Waals surface area contributed by atoms with Crippen LogP contribution in [0.15, 0.2) is 36.4 Å². The van der Waals surface area contributed by atoms with Crippen LogP contribution in [0, 0.1) is 0 Å². The number of benzene rings is 2. The van der Waals surface area contributed by atoms with E-state index in [1.165, 1.54) is 16.4 Å². The highest BCUT2D eigenvalue weighted by atomic mass is 32.1. The summed E-state index contributed by atoms with van der Waals surface area (Å²) in [5, 5.41) is 13.0. The molecule has 0 radical (unpaired) electrons. The molecule has 2 aromatic rings. The molecule has 1 N–H and O–H groups in total. The molecule has 2 rings (SSSR count). The Kier molecular flexibility index (Phi) is 8.37. The predicted octanol–water partition coefficient (Wildman–Crippen LogP) is 8.39. The molecule has 0 heterocycles. The van der Waals surface area contributed by atoms with Gasteiger partial charge < -0.3 is 5.11 Å². The molecular formula is C28H43OPS. The van der Waals surface area contributed by atoms with Crippen LogP contribution in [-0.2, 0) is 16.0 Å². The molecule has 0 saturated carbocycles. The van der Waals surface area contributed by atoms with Gasteiger partial charge in [0.15, 0.2) is 0 Å². The second-order valence-electron chi connectivity index (χ2n) is 11.2. The third-order valence-corrected chi connectivity index (χ3v) is 8.30. The quantitative estimate of drug-likeness (QED) is 0.315. The lowest BCUT2D eigenvalue weighted by molar-refractivity contribution is 0.425. The maximum Gasteiger partial charge on any atom is 0.123 e. The SMILES string of the molecule is CCCCC(C)(Pc1ccccc1C(C)S)c1cc(C(C)(C)C)cc(C(C)(C)C)c1O. The monoisotopic (exact) mass is 458 g/mol. The van der Waals surface area contributed by atoms with E-state index in [1.807, 2.05) is 0 Å². The normalized spacial score (nSPS) is 15.9. The largest absolute Gasteiger partial charge is 0.507 e. The highest BCUT2D eigenvalue weighted by Gasteiger charge is 2.34. The summed E-state index contributed by atoms with van der Waals surface area (Å²) in [6.07, 6.45) is 3.35. The summed E-state index contributed by atoms with van der Waals surface area (Å²) in [5.74, 6) is 0.489. The lowest BCUT2D eigenvalue weighted by atomic mass is 9.77. The van der Waals surface area contributed by atoms with Gasteiger partial charge in [0.1, 0.15) is 5.75 Å². The molecule has 0 bridgehead atoms. The van der Waals surface area contributed by atoms with E-state index in [0.29, 0.717) is 14.3 Å². The van der Waals surface area contributed by atoms with Crippen LogP contribution in [-0.4, -0.2) is 5.11 Å². The van der Waals surface area contributed by atoms with Crippen molar-refractivity contribution in [1.82, 2.24) is 0 Å². The van der Waals surface area contributed by atoms with Crippen molar-refractivity contribution in [3.05, 3.63) is 58.7 Å². The second kappa shape index (κ2) is 9.88. The van der Waals surface area contributed by atoms with Gasteiger partial charge in [-0.15, -0.1) is 0 Å². The Labute approximate surface area is 198 Å². The first-order chi connectivity index (χ1) is 14.2. The first-order valence-electron chi connectivity index (χ1n) is 11.6. The molecule has 31 heavy (non-hydrogen) atoms. The van der Waals surface area contributed by atoms with E-state index in [4.69, 9.17) is 12.6 Å². The Morgan fingerprint density at radius 2 is 1.52 bits per heavy atom. The number of hydrogen-bond acceptors (Lipinski definition) is 2. The number of phenolic OH excluding ortho intramolecular Hbond substituents is 1. The van der Waals surface area contributed by atoms with Crippen LogP contribution < -0.4 is 5.30 Å². The van der Waals surface area contributed by atoms with Crippen LogP contribution in [0.2, 0.25) is 0 Å². The van der Waals surface area contributed by atoms with E-state index < -0.39 is 0 Å². The fraction of sp³-hybridized carbons (Fsp3) is 0.571. The van der Waals surface area contributed by atoms with Gasteiger partial charge in [0.05, 0.1) is 0 Å². The standard InChI is InChI=1S/C28H43OPS/c1-10-11-16-28(9,30-24-15-13-12-14-21(24)19(2)31)23-18-20(26(3,4)5)17-22(25(23)29)27(6,7)8/h12-15,17-19,29-31H,10-11,16H2,1-9H3. The maximum atomic E-state index is 11.6. The van der Waals surface area contributed by atoms with Crippen molar-refractivity contribution in [2.24, 2.45) is 0 Å². The highest BCUT2D eigenvalue weighted by molar-refractivity contribution is 7.80. The van der Waals surface area contributed by atoms with Crippen LogP contribution in [0.4, 0.5) is 0 Å². The molecule has 0 spiro atoms. The molecule has 0 aromatic heterocycles. The van der Waals surface area contributed by atoms with Gasteiger partial charge in [0.2, 0.25) is 0 Å². The minimum Gasteiger partial charge on any atom is -0.507 e. The van der Waals surface area contributed by atoms with Crippen molar-refractivity contribution in [3.8, 4) is 5.75 Å². The fourth-order valence-electron chi connectivity index (χ4n) is 4.13. The second-order valence-corrected chi connectivity index (χ2v) is 13.9. The molecule has 0 saturated heterocycles. The van der Waals surface area contributed by atoms with E-state index in [0.717, 1.165) is 30.4 Å². The summed E-state index contributed by atoms with van der Waals surface area (Å²) in [6.45, 7) is 20.1. The molecule has 0 aliphatic rings. The van der Waals surface area contributed by atoms with Crippen molar-refractivity contribution in [3.63, 3.8) is 0 Å². The van der Waals surface area contributed by atoms with Crippen molar-refractivity contribution in [2.45, 2.75) is 103 Å². The zero-order valence-corrected chi connectivity index (χ0v) is 23.0. The van der Waals surface area contributed by atoms with E-state index >= 15 is 0 Å². The molecule has 3 atom stereocenters. The average Bonchev–Trinajstić information content (AvgIpc) is 2.64. The van der Waals surface area contributed by atoms with Crippen molar-refractivity contribution < 1.29 is 5.11 Å². The summed E-state index contributed by atoms with van der Waals surface area (Å²) < 4.78 is 0. The molecule has 3 heteroatoms. The van der Waals surface area contributed by atoms with Gasteiger partial charge >= 0.3 is 0 Å². The van der Waals surface area contributed by atoms with Gasteiger partial charge in [-0.2, -0.15) is 12.6 Å². The molecule has 2 aromatic carbocycles. The number of phenols is 1. The van der Waals surface area contributed by atoms with Crippen molar-refractivity contribution in [1.29, 1.82) is 0 Å². The molecular weight excluding hydrogens is 415 g/mol. The number of rotatable bonds is 7. The smallest absolute Gasteiger partial charge is 0.123 e.